The number of aromatic nitrogens is 2. The van der Waals surface area contributed by atoms with Gasteiger partial charge < -0.3 is 14.9 Å². The van der Waals surface area contributed by atoms with E-state index in [9.17, 15) is 0 Å². The third kappa shape index (κ3) is 1.77. The van der Waals surface area contributed by atoms with Gasteiger partial charge in [-0.2, -0.15) is 0 Å². The van der Waals surface area contributed by atoms with E-state index in [1.807, 2.05) is 6.92 Å². The van der Waals surface area contributed by atoms with Gasteiger partial charge in [0.1, 0.15) is 0 Å². The maximum atomic E-state index is 5.72. The van der Waals surface area contributed by atoms with Crippen LogP contribution in [0.2, 0.25) is 0 Å². The van der Waals surface area contributed by atoms with Gasteiger partial charge in [0.2, 0.25) is 11.8 Å². The van der Waals surface area contributed by atoms with Crippen molar-refractivity contribution in [2.45, 2.75) is 45.4 Å². The summed E-state index contributed by atoms with van der Waals surface area (Å²) in [5.74, 6) is 1.72. The lowest BCUT2D eigenvalue weighted by Gasteiger charge is -2.13. The molecular formula is C10H17N3O2. The Morgan fingerprint density at radius 2 is 1.93 bits per heavy atom. The number of hydrogen-bond acceptors (Lipinski definition) is 5. The number of nitrogens with zero attached hydrogens (tertiary/aromatic N) is 2. The van der Waals surface area contributed by atoms with Gasteiger partial charge in [0.05, 0.1) is 24.7 Å². The fourth-order valence-corrected chi connectivity index (χ4v) is 2.18. The molecule has 1 aromatic rings. The van der Waals surface area contributed by atoms with Crippen LogP contribution in [-0.4, -0.2) is 22.4 Å². The number of hydrogen-bond donors (Lipinski definition) is 1. The Morgan fingerprint density at radius 1 is 1.20 bits per heavy atom. The highest BCUT2D eigenvalue weighted by Crippen LogP contribution is 2.38. The molecule has 2 N–H and O–H groups in total. The van der Waals surface area contributed by atoms with Crippen molar-refractivity contribution in [1.29, 1.82) is 0 Å². The molecule has 1 aliphatic heterocycles. The van der Waals surface area contributed by atoms with Gasteiger partial charge >= 0.3 is 0 Å². The third-order valence-electron chi connectivity index (χ3n) is 3.18. The molecule has 5 nitrogen and oxygen atoms in total. The van der Waals surface area contributed by atoms with Crippen molar-refractivity contribution >= 4 is 0 Å². The molecule has 2 rings (SSSR count). The molecule has 0 aromatic carbocycles. The highest BCUT2D eigenvalue weighted by Gasteiger charge is 2.41. The Hall–Kier alpha value is -0.940. The standard InChI is InChI=1S/C10H17N3O2/c1-5-6(2)14-7(3)9(5)10-13-12-8(4-11)15-10/h5-7,9H,4,11H2,1-3H3. The van der Waals surface area contributed by atoms with Crippen LogP contribution in [0, 0.1) is 5.92 Å². The minimum atomic E-state index is 0.126. The van der Waals surface area contributed by atoms with Crippen molar-refractivity contribution in [3.63, 3.8) is 0 Å². The Labute approximate surface area is 89.0 Å². The number of ether oxygens (including phenoxy) is 1. The van der Waals surface area contributed by atoms with Crippen LogP contribution in [0.3, 0.4) is 0 Å². The zero-order chi connectivity index (χ0) is 11.0. The summed E-state index contributed by atoms with van der Waals surface area (Å²) in [6.07, 6.45) is 0.360. The molecule has 4 unspecified atom stereocenters. The predicted molar refractivity (Wildman–Crippen MR) is 54.1 cm³/mol. The molecule has 1 aliphatic rings. The van der Waals surface area contributed by atoms with Gasteiger partial charge in [0.25, 0.3) is 0 Å². The van der Waals surface area contributed by atoms with E-state index in [2.05, 4.69) is 24.0 Å². The summed E-state index contributed by atoms with van der Waals surface area (Å²) in [4.78, 5) is 0. The first-order valence-corrected chi connectivity index (χ1v) is 5.31. The molecule has 0 spiro atoms. The molecule has 15 heavy (non-hydrogen) atoms. The van der Waals surface area contributed by atoms with Gasteiger partial charge in [-0.15, -0.1) is 10.2 Å². The molecule has 0 amide bonds. The SMILES string of the molecule is CC1OC(C)C(c2nnc(CN)o2)C1C. The Kier molecular flexibility index (Phi) is 2.75. The van der Waals surface area contributed by atoms with Crippen molar-refractivity contribution in [3.05, 3.63) is 11.8 Å². The van der Waals surface area contributed by atoms with E-state index in [1.165, 1.54) is 0 Å². The maximum absolute atomic E-state index is 5.72. The van der Waals surface area contributed by atoms with E-state index in [0.717, 1.165) is 0 Å². The topological polar surface area (TPSA) is 74.2 Å². The van der Waals surface area contributed by atoms with Crippen molar-refractivity contribution in [2.24, 2.45) is 11.7 Å². The minimum Gasteiger partial charge on any atom is -0.423 e. The van der Waals surface area contributed by atoms with E-state index < -0.39 is 0 Å². The predicted octanol–water partition coefficient (Wildman–Crippen LogP) is 1.06. The van der Waals surface area contributed by atoms with Crippen LogP contribution in [0.25, 0.3) is 0 Å². The quantitative estimate of drug-likeness (QED) is 0.791. The van der Waals surface area contributed by atoms with Crippen LogP contribution in [0.4, 0.5) is 0 Å². The summed E-state index contributed by atoms with van der Waals surface area (Å²) in [6, 6.07) is 0. The second kappa shape index (κ2) is 3.90. The van der Waals surface area contributed by atoms with Crippen molar-refractivity contribution in [3.8, 4) is 0 Å². The van der Waals surface area contributed by atoms with E-state index in [-0.39, 0.29) is 18.1 Å². The molecule has 1 aromatic heterocycles. The van der Waals surface area contributed by atoms with Crippen LogP contribution in [-0.2, 0) is 11.3 Å². The lowest BCUT2D eigenvalue weighted by molar-refractivity contribution is 0.0544. The third-order valence-corrected chi connectivity index (χ3v) is 3.18. The lowest BCUT2D eigenvalue weighted by atomic mass is 9.89. The summed E-state index contributed by atoms with van der Waals surface area (Å²) in [7, 11) is 0. The van der Waals surface area contributed by atoms with Crippen LogP contribution in [0.1, 0.15) is 38.5 Å². The molecule has 5 heteroatoms. The van der Waals surface area contributed by atoms with E-state index in [0.29, 0.717) is 24.2 Å². The largest absolute Gasteiger partial charge is 0.423 e. The average molecular weight is 211 g/mol. The summed E-state index contributed by atoms with van der Waals surface area (Å²) in [5, 5.41) is 7.90. The summed E-state index contributed by atoms with van der Waals surface area (Å²) >= 11 is 0. The minimum absolute atomic E-state index is 0.126. The average Bonchev–Trinajstić information content (AvgIpc) is 2.74. The molecule has 1 fully saturated rings. The molecule has 0 radical (unpaired) electrons. The smallest absolute Gasteiger partial charge is 0.230 e. The second-order valence-electron chi connectivity index (χ2n) is 4.17. The van der Waals surface area contributed by atoms with Crippen LogP contribution in [0.15, 0.2) is 4.42 Å². The highest BCUT2D eigenvalue weighted by atomic mass is 16.5. The molecule has 84 valence electrons. The number of rotatable bonds is 2. The highest BCUT2D eigenvalue weighted by molar-refractivity contribution is 5.02. The molecular weight excluding hydrogens is 194 g/mol. The molecule has 1 saturated heterocycles. The molecule has 0 bridgehead atoms. The zero-order valence-corrected chi connectivity index (χ0v) is 9.30. The first-order chi connectivity index (χ1) is 7.13. The normalized spacial score (nSPS) is 36.0. The molecule has 0 aliphatic carbocycles. The maximum Gasteiger partial charge on any atom is 0.230 e. The molecule has 4 atom stereocenters. The van der Waals surface area contributed by atoms with Gasteiger partial charge in [-0.3, -0.25) is 0 Å². The van der Waals surface area contributed by atoms with E-state index in [1.54, 1.807) is 0 Å². The first-order valence-electron chi connectivity index (χ1n) is 5.31. The summed E-state index contributed by atoms with van der Waals surface area (Å²) in [6.45, 7) is 6.54. The molecule has 2 heterocycles. The van der Waals surface area contributed by atoms with Gasteiger partial charge in [-0.1, -0.05) is 6.92 Å². The summed E-state index contributed by atoms with van der Waals surface area (Å²) < 4.78 is 11.2. The van der Waals surface area contributed by atoms with Gasteiger partial charge in [-0.25, -0.2) is 0 Å². The van der Waals surface area contributed by atoms with Crippen molar-refractivity contribution < 1.29 is 9.15 Å². The summed E-state index contributed by atoms with van der Waals surface area (Å²) in [5.41, 5.74) is 5.43. The van der Waals surface area contributed by atoms with Crippen molar-refractivity contribution in [2.75, 3.05) is 0 Å². The molecule has 0 saturated carbocycles. The van der Waals surface area contributed by atoms with Gasteiger partial charge in [0, 0.05) is 0 Å². The monoisotopic (exact) mass is 211 g/mol. The number of nitrogens with two attached hydrogens (primary N) is 1. The Morgan fingerprint density at radius 3 is 2.40 bits per heavy atom. The lowest BCUT2D eigenvalue weighted by Crippen LogP contribution is -2.15. The first kappa shape index (κ1) is 10.6. The van der Waals surface area contributed by atoms with Gasteiger partial charge in [-0.05, 0) is 19.8 Å². The van der Waals surface area contributed by atoms with E-state index >= 15 is 0 Å². The van der Waals surface area contributed by atoms with Crippen molar-refractivity contribution in [1.82, 2.24) is 10.2 Å². The second-order valence-corrected chi connectivity index (χ2v) is 4.17. The van der Waals surface area contributed by atoms with Crippen LogP contribution >= 0.6 is 0 Å². The van der Waals surface area contributed by atoms with Crippen LogP contribution in [0.5, 0.6) is 0 Å². The Bertz CT molecular complexity index is 339. The fraction of sp³-hybridized carbons (Fsp3) is 0.800. The fourth-order valence-electron chi connectivity index (χ4n) is 2.18. The van der Waals surface area contributed by atoms with Crippen LogP contribution < -0.4 is 5.73 Å². The zero-order valence-electron chi connectivity index (χ0n) is 9.30. The van der Waals surface area contributed by atoms with Gasteiger partial charge in [0.15, 0.2) is 0 Å². The Balaban J connectivity index is 2.22. The van der Waals surface area contributed by atoms with E-state index in [4.69, 9.17) is 14.9 Å².